The number of rotatable bonds is 6. The summed E-state index contributed by atoms with van der Waals surface area (Å²) < 4.78 is 5.23. The zero-order valence-corrected chi connectivity index (χ0v) is 31.4. The molecule has 0 amide bonds. The van der Waals surface area contributed by atoms with Gasteiger partial charge in [-0.05, 0) is 87.1 Å². The predicted octanol–water partition coefficient (Wildman–Crippen LogP) is 16.0. The predicted molar refractivity (Wildman–Crippen MR) is 241 cm³/mol. The summed E-state index contributed by atoms with van der Waals surface area (Å²) in [7, 11) is 0. The molecule has 0 aliphatic heterocycles. The van der Waals surface area contributed by atoms with E-state index in [9.17, 15) is 0 Å². The van der Waals surface area contributed by atoms with Crippen LogP contribution in [0.4, 0.5) is 17.1 Å². The molecule has 0 aliphatic carbocycles. The highest BCUT2D eigenvalue weighted by atomic mass is 32.1. The molecule has 0 saturated carbocycles. The Morgan fingerprint density at radius 1 is 0.327 bits per heavy atom. The molecule has 0 fully saturated rings. The molecule has 0 atom stereocenters. The molecule has 9 aromatic carbocycles. The van der Waals surface area contributed by atoms with Crippen molar-refractivity contribution in [1.29, 1.82) is 0 Å². The van der Waals surface area contributed by atoms with E-state index >= 15 is 0 Å². The van der Waals surface area contributed by atoms with Gasteiger partial charge in [0, 0.05) is 51.6 Å². The number of fused-ring (bicyclic) bond motifs is 7. The SMILES string of the molecule is c1ccc(-c2ccc(-c3ccc4ccccc4c3)cc2N(c2ccc(-c3cccc4c3sc3ccccc34)cc2)c2cccc3sc4ccccc4c23)cc1. The zero-order chi connectivity index (χ0) is 36.3. The molecule has 0 N–H and O–H groups in total. The number of thiophene rings is 2. The van der Waals surface area contributed by atoms with Crippen molar-refractivity contribution >= 4 is 90.9 Å². The molecular formula is C52H33NS2. The van der Waals surface area contributed by atoms with E-state index in [1.165, 1.54) is 90.2 Å². The minimum atomic E-state index is 1.11. The topological polar surface area (TPSA) is 3.24 Å². The number of hydrogen-bond donors (Lipinski definition) is 0. The highest BCUT2D eigenvalue weighted by molar-refractivity contribution is 7.26. The van der Waals surface area contributed by atoms with Gasteiger partial charge in [-0.3, -0.25) is 0 Å². The van der Waals surface area contributed by atoms with Crippen molar-refractivity contribution in [2.75, 3.05) is 4.90 Å². The molecule has 2 heterocycles. The third-order valence-corrected chi connectivity index (χ3v) is 13.2. The number of anilines is 3. The van der Waals surface area contributed by atoms with Crippen LogP contribution < -0.4 is 4.90 Å². The molecular weight excluding hydrogens is 703 g/mol. The molecule has 1 nitrogen and oxygen atoms in total. The van der Waals surface area contributed by atoms with E-state index in [1.807, 2.05) is 22.7 Å². The Hall–Kier alpha value is -6.52. The third kappa shape index (κ3) is 5.43. The highest BCUT2D eigenvalue weighted by Gasteiger charge is 2.22. The lowest BCUT2D eigenvalue weighted by Gasteiger charge is -2.29. The molecule has 55 heavy (non-hydrogen) atoms. The van der Waals surface area contributed by atoms with Crippen LogP contribution in [0.3, 0.4) is 0 Å². The van der Waals surface area contributed by atoms with Crippen LogP contribution in [0.2, 0.25) is 0 Å². The maximum atomic E-state index is 2.50. The Labute approximate surface area is 327 Å². The molecule has 3 heteroatoms. The Morgan fingerprint density at radius 2 is 0.945 bits per heavy atom. The fourth-order valence-electron chi connectivity index (χ4n) is 8.24. The van der Waals surface area contributed by atoms with Gasteiger partial charge in [0.25, 0.3) is 0 Å². The van der Waals surface area contributed by atoms with Crippen molar-refractivity contribution in [2.45, 2.75) is 0 Å². The summed E-state index contributed by atoms with van der Waals surface area (Å²) in [6, 6.07) is 73.5. The van der Waals surface area contributed by atoms with Crippen LogP contribution in [0.25, 0.3) is 84.5 Å². The van der Waals surface area contributed by atoms with Crippen LogP contribution in [-0.4, -0.2) is 0 Å². The number of hydrogen-bond acceptors (Lipinski definition) is 3. The van der Waals surface area contributed by atoms with Crippen LogP contribution in [0.5, 0.6) is 0 Å². The van der Waals surface area contributed by atoms with Gasteiger partial charge in [-0.15, -0.1) is 22.7 Å². The molecule has 0 spiro atoms. The first-order chi connectivity index (χ1) is 27.3. The van der Waals surface area contributed by atoms with Gasteiger partial charge in [0.1, 0.15) is 0 Å². The monoisotopic (exact) mass is 735 g/mol. The van der Waals surface area contributed by atoms with Gasteiger partial charge in [0.05, 0.1) is 11.4 Å². The van der Waals surface area contributed by atoms with Crippen molar-refractivity contribution < 1.29 is 0 Å². The summed E-state index contributed by atoms with van der Waals surface area (Å²) in [4.78, 5) is 2.50. The molecule has 258 valence electrons. The Morgan fingerprint density at radius 3 is 1.80 bits per heavy atom. The molecule has 0 radical (unpaired) electrons. The van der Waals surface area contributed by atoms with E-state index < -0.39 is 0 Å². The normalized spacial score (nSPS) is 11.6. The summed E-state index contributed by atoms with van der Waals surface area (Å²) in [5, 5.41) is 7.68. The van der Waals surface area contributed by atoms with Gasteiger partial charge in [0.15, 0.2) is 0 Å². The largest absolute Gasteiger partial charge is 0.309 e. The van der Waals surface area contributed by atoms with Gasteiger partial charge < -0.3 is 4.90 Å². The van der Waals surface area contributed by atoms with Gasteiger partial charge in [-0.1, -0.05) is 152 Å². The highest BCUT2D eigenvalue weighted by Crippen LogP contribution is 2.49. The summed E-state index contributed by atoms with van der Waals surface area (Å²) in [6.07, 6.45) is 0. The second-order valence-electron chi connectivity index (χ2n) is 14.1. The van der Waals surface area contributed by atoms with Crippen LogP contribution in [0.15, 0.2) is 200 Å². The van der Waals surface area contributed by atoms with Crippen molar-refractivity contribution in [3.8, 4) is 33.4 Å². The minimum Gasteiger partial charge on any atom is -0.309 e. The van der Waals surface area contributed by atoms with E-state index in [1.54, 1.807) is 0 Å². The molecule has 2 aromatic heterocycles. The average molecular weight is 736 g/mol. The number of benzene rings is 9. The Kier molecular flexibility index (Phi) is 7.61. The summed E-state index contributed by atoms with van der Waals surface area (Å²) in [5.41, 5.74) is 10.7. The maximum absolute atomic E-state index is 2.50. The Balaban J connectivity index is 1.16. The fraction of sp³-hybridized carbons (Fsp3) is 0. The van der Waals surface area contributed by atoms with Gasteiger partial charge in [-0.25, -0.2) is 0 Å². The molecule has 0 aliphatic rings. The average Bonchev–Trinajstić information content (AvgIpc) is 3.83. The van der Waals surface area contributed by atoms with Gasteiger partial charge >= 0.3 is 0 Å². The fourth-order valence-corrected chi connectivity index (χ4v) is 10.6. The van der Waals surface area contributed by atoms with E-state index in [0.29, 0.717) is 0 Å². The summed E-state index contributed by atoms with van der Waals surface area (Å²) in [6.45, 7) is 0. The maximum Gasteiger partial charge on any atom is 0.0555 e. The van der Waals surface area contributed by atoms with Crippen LogP contribution in [0.1, 0.15) is 0 Å². The van der Waals surface area contributed by atoms with Crippen LogP contribution >= 0.6 is 22.7 Å². The Bertz CT molecular complexity index is 3210. The second kappa shape index (κ2) is 13.1. The first-order valence-corrected chi connectivity index (χ1v) is 20.3. The van der Waals surface area contributed by atoms with Crippen molar-refractivity contribution in [1.82, 2.24) is 0 Å². The van der Waals surface area contributed by atoms with Crippen molar-refractivity contribution in [3.05, 3.63) is 200 Å². The van der Waals surface area contributed by atoms with Crippen LogP contribution in [-0.2, 0) is 0 Å². The van der Waals surface area contributed by atoms with Gasteiger partial charge in [0.2, 0.25) is 0 Å². The van der Waals surface area contributed by atoms with Crippen LogP contribution in [0, 0.1) is 0 Å². The van der Waals surface area contributed by atoms with E-state index in [2.05, 4.69) is 205 Å². The quantitative estimate of drug-likeness (QED) is 0.164. The lowest BCUT2D eigenvalue weighted by Crippen LogP contribution is -2.12. The lowest BCUT2D eigenvalue weighted by atomic mass is 9.95. The molecule has 0 saturated heterocycles. The summed E-state index contributed by atoms with van der Waals surface area (Å²) in [5.74, 6) is 0. The van der Waals surface area contributed by atoms with E-state index in [4.69, 9.17) is 0 Å². The molecule has 11 rings (SSSR count). The molecule has 0 unspecified atom stereocenters. The summed E-state index contributed by atoms with van der Waals surface area (Å²) >= 11 is 3.74. The zero-order valence-electron chi connectivity index (χ0n) is 29.8. The lowest BCUT2D eigenvalue weighted by molar-refractivity contribution is 1.30. The standard InChI is InChI=1S/C52H33NS2/c1-2-13-35(14-3-1)41-31-28-39(38-25-24-34-12-4-5-15-37(34)32-38)33-47(41)53(46-20-11-23-50-51(46)45-17-7-9-22-49(45)54-50)40-29-26-36(27-30-40)42-18-10-19-44-43-16-6-8-21-48(43)55-52(42)44/h1-33H. The second-order valence-corrected chi connectivity index (χ2v) is 16.2. The first-order valence-electron chi connectivity index (χ1n) is 18.7. The molecule has 0 bridgehead atoms. The van der Waals surface area contributed by atoms with Crippen molar-refractivity contribution in [3.63, 3.8) is 0 Å². The molecule has 11 aromatic rings. The van der Waals surface area contributed by atoms with Crippen molar-refractivity contribution in [2.24, 2.45) is 0 Å². The number of nitrogens with zero attached hydrogens (tertiary/aromatic N) is 1. The van der Waals surface area contributed by atoms with Gasteiger partial charge in [-0.2, -0.15) is 0 Å². The minimum absolute atomic E-state index is 1.11. The smallest absolute Gasteiger partial charge is 0.0555 e. The third-order valence-electron chi connectivity index (χ3n) is 10.9. The van der Waals surface area contributed by atoms with E-state index in [-0.39, 0.29) is 0 Å². The van der Waals surface area contributed by atoms with E-state index in [0.717, 1.165) is 11.4 Å². The first kappa shape index (κ1) is 32.0.